The van der Waals surface area contributed by atoms with E-state index in [2.05, 4.69) is 5.32 Å². The number of nitrogens with one attached hydrogen (secondary N) is 1. The molecule has 2 amide bonds. The molecule has 0 spiro atoms. The van der Waals surface area contributed by atoms with Gasteiger partial charge in [-0.15, -0.1) is 11.8 Å². The summed E-state index contributed by atoms with van der Waals surface area (Å²) in [5.74, 6) is 0.506. The normalized spacial score (nSPS) is 11.1. The predicted molar refractivity (Wildman–Crippen MR) is 104 cm³/mol. The van der Waals surface area contributed by atoms with Gasteiger partial charge in [0.1, 0.15) is 6.54 Å². The molecule has 0 aliphatic rings. The highest BCUT2D eigenvalue weighted by Gasteiger charge is 2.15. The zero-order valence-electron chi connectivity index (χ0n) is 15.4. The van der Waals surface area contributed by atoms with Crippen LogP contribution >= 0.6 is 11.8 Å². The number of nitrogens with zero attached hydrogens (tertiary/aromatic N) is 2. The molecular formula is C19H27N3O2S. The van der Waals surface area contributed by atoms with Crippen LogP contribution in [0, 0.1) is 0 Å². The molecule has 2 aromatic rings. The van der Waals surface area contributed by atoms with Gasteiger partial charge in [0.25, 0.3) is 0 Å². The van der Waals surface area contributed by atoms with Gasteiger partial charge in [0.2, 0.25) is 11.8 Å². The van der Waals surface area contributed by atoms with Gasteiger partial charge in [-0.1, -0.05) is 18.2 Å². The Morgan fingerprint density at radius 1 is 1.20 bits per heavy atom. The molecular weight excluding hydrogens is 334 g/mol. The SMILES string of the molecule is CCN(CC)C(=O)Cn1cc(SCC(=O)NC(C)C)c2ccccc21. The Kier molecular flexibility index (Phi) is 6.93. The number of carbonyl (C=O) groups is 2. The molecule has 0 atom stereocenters. The van der Waals surface area contributed by atoms with E-state index in [4.69, 9.17) is 0 Å². The van der Waals surface area contributed by atoms with Crippen molar-refractivity contribution in [2.45, 2.75) is 45.2 Å². The van der Waals surface area contributed by atoms with Crippen LogP contribution in [0.25, 0.3) is 10.9 Å². The molecule has 0 saturated heterocycles. The highest BCUT2D eigenvalue weighted by Crippen LogP contribution is 2.30. The summed E-state index contributed by atoms with van der Waals surface area (Å²) in [6.07, 6.45) is 1.99. The highest BCUT2D eigenvalue weighted by molar-refractivity contribution is 8.00. The van der Waals surface area contributed by atoms with Crippen molar-refractivity contribution in [1.82, 2.24) is 14.8 Å². The lowest BCUT2D eigenvalue weighted by atomic mass is 10.2. The summed E-state index contributed by atoms with van der Waals surface area (Å²) in [7, 11) is 0. The number of rotatable bonds is 8. The van der Waals surface area contributed by atoms with Gasteiger partial charge in [-0.05, 0) is 33.8 Å². The average Bonchev–Trinajstić information content (AvgIpc) is 2.91. The molecule has 1 aromatic carbocycles. The summed E-state index contributed by atoms with van der Waals surface area (Å²) in [4.78, 5) is 27.2. The lowest BCUT2D eigenvalue weighted by molar-refractivity contribution is -0.131. The second-order valence-electron chi connectivity index (χ2n) is 6.22. The van der Waals surface area contributed by atoms with Crippen molar-refractivity contribution < 1.29 is 9.59 Å². The molecule has 0 aliphatic carbocycles. The molecule has 0 aliphatic heterocycles. The Morgan fingerprint density at radius 3 is 2.52 bits per heavy atom. The zero-order chi connectivity index (χ0) is 18.4. The van der Waals surface area contributed by atoms with E-state index in [-0.39, 0.29) is 17.9 Å². The maximum atomic E-state index is 12.4. The Morgan fingerprint density at radius 2 is 1.88 bits per heavy atom. The molecule has 0 saturated carbocycles. The summed E-state index contributed by atoms with van der Waals surface area (Å²) in [5.41, 5.74) is 1.02. The van der Waals surface area contributed by atoms with Gasteiger partial charge in [0, 0.05) is 41.1 Å². The molecule has 2 rings (SSSR count). The highest BCUT2D eigenvalue weighted by atomic mass is 32.2. The van der Waals surface area contributed by atoms with Crippen LogP contribution in [0.5, 0.6) is 0 Å². The molecule has 1 aromatic heterocycles. The lowest BCUT2D eigenvalue weighted by Crippen LogP contribution is -2.33. The lowest BCUT2D eigenvalue weighted by Gasteiger charge is -2.19. The van der Waals surface area contributed by atoms with Crippen molar-refractivity contribution in [3.05, 3.63) is 30.5 Å². The van der Waals surface area contributed by atoms with Gasteiger partial charge in [-0.25, -0.2) is 0 Å². The van der Waals surface area contributed by atoms with Gasteiger partial charge in [0.15, 0.2) is 0 Å². The summed E-state index contributed by atoms with van der Waals surface area (Å²) < 4.78 is 1.98. The molecule has 0 unspecified atom stereocenters. The minimum Gasteiger partial charge on any atom is -0.353 e. The molecule has 5 nitrogen and oxygen atoms in total. The van der Waals surface area contributed by atoms with E-state index in [0.29, 0.717) is 25.4 Å². The first-order valence-corrected chi connectivity index (χ1v) is 9.72. The van der Waals surface area contributed by atoms with Crippen molar-refractivity contribution in [1.29, 1.82) is 0 Å². The molecule has 6 heteroatoms. The zero-order valence-corrected chi connectivity index (χ0v) is 16.2. The van der Waals surface area contributed by atoms with Crippen molar-refractivity contribution in [3.8, 4) is 0 Å². The molecule has 0 bridgehead atoms. The minimum atomic E-state index is 0.0241. The average molecular weight is 362 g/mol. The number of hydrogen-bond donors (Lipinski definition) is 1. The smallest absolute Gasteiger partial charge is 0.242 e. The van der Waals surface area contributed by atoms with Crippen LogP contribution in [0.1, 0.15) is 27.7 Å². The fourth-order valence-electron chi connectivity index (χ4n) is 2.79. The molecule has 25 heavy (non-hydrogen) atoms. The molecule has 1 heterocycles. The topological polar surface area (TPSA) is 54.3 Å². The van der Waals surface area contributed by atoms with Crippen LogP contribution in [-0.2, 0) is 16.1 Å². The molecule has 136 valence electrons. The quantitative estimate of drug-likeness (QED) is 0.735. The van der Waals surface area contributed by atoms with E-state index in [1.807, 2.05) is 67.6 Å². The third-order valence-electron chi connectivity index (χ3n) is 3.98. The van der Waals surface area contributed by atoms with E-state index in [1.54, 1.807) is 0 Å². The van der Waals surface area contributed by atoms with Gasteiger partial charge >= 0.3 is 0 Å². The Labute approximate surface area is 153 Å². The standard InChI is InChI=1S/C19H27N3O2S/c1-5-21(6-2)19(24)12-22-11-17(15-9-7-8-10-16(15)22)25-13-18(23)20-14(3)4/h7-11,14H,5-6,12-13H2,1-4H3,(H,20,23). The van der Waals surface area contributed by atoms with Crippen molar-refractivity contribution >= 4 is 34.5 Å². The number of benzene rings is 1. The van der Waals surface area contributed by atoms with Gasteiger partial charge in [-0.3, -0.25) is 9.59 Å². The fraction of sp³-hybridized carbons (Fsp3) is 0.474. The van der Waals surface area contributed by atoms with Gasteiger partial charge in [0.05, 0.1) is 5.75 Å². The van der Waals surface area contributed by atoms with Crippen LogP contribution in [0.2, 0.25) is 0 Å². The summed E-state index contributed by atoms with van der Waals surface area (Å²) in [6.45, 7) is 9.63. The third-order valence-corrected chi connectivity index (χ3v) is 5.03. The van der Waals surface area contributed by atoms with E-state index in [9.17, 15) is 9.59 Å². The molecule has 0 radical (unpaired) electrons. The number of aromatic nitrogens is 1. The van der Waals surface area contributed by atoms with Gasteiger partial charge in [-0.2, -0.15) is 0 Å². The number of carbonyl (C=O) groups excluding carboxylic acids is 2. The van der Waals surface area contributed by atoms with Crippen LogP contribution < -0.4 is 5.32 Å². The van der Waals surface area contributed by atoms with E-state index < -0.39 is 0 Å². The minimum absolute atomic E-state index is 0.0241. The fourth-order valence-corrected chi connectivity index (χ4v) is 3.69. The van der Waals surface area contributed by atoms with Crippen LogP contribution in [0.3, 0.4) is 0 Å². The number of para-hydroxylation sites is 1. The van der Waals surface area contributed by atoms with Crippen molar-refractivity contribution in [2.24, 2.45) is 0 Å². The number of hydrogen-bond acceptors (Lipinski definition) is 3. The number of amides is 2. The summed E-state index contributed by atoms with van der Waals surface area (Å²) in [6, 6.07) is 8.15. The predicted octanol–water partition coefficient (Wildman–Crippen LogP) is 3.13. The van der Waals surface area contributed by atoms with E-state index in [1.165, 1.54) is 11.8 Å². The largest absolute Gasteiger partial charge is 0.353 e. The number of likely N-dealkylation sites (N-methyl/N-ethyl adjacent to an activating group) is 1. The molecule has 0 fully saturated rings. The number of thioether (sulfide) groups is 1. The molecule has 1 N–H and O–H groups in total. The monoisotopic (exact) mass is 361 g/mol. The van der Waals surface area contributed by atoms with Crippen LogP contribution in [0.4, 0.5) is 0 Å². The number of fused-ring (bicyclic) bond motifs is 1. The summed E-state index contributed by atoms with van der Waals surface area (Å²) >= 11 is 1.51. The van der Waals surface area contributed by atoms with Gasteiger partial charge < -0.3 is 14.8 Å². The second kappa shape index (κ2) is 8.94. The Bertz CT molecular complexity index is 735. The third kappa shape index (κ3) is 5.01. The van der Waals surface area contributed by atoms with Crippen LogP contribution in [-0.4, -0.2) is 46.2 Å². The Hall–Kier alpha value is -1.95. The first-order chi connectivity index (χ1) is 12.0. The second-order valence-corrected chi connectivity index (χ2v) is 7.23. The van der Waals surface area contributed by atoms with Crippen molar-refractivity contribution in [3.63, 3.8) is 0 Å². The first kappa shape index (κ1) is 19.4. The van der Waals surface area contributed by atoms with Crippen LogP contribution in [0.15, 0.2) is 35.4 Å². The van der Waals surface area contributed by atoms with E-state index in [0.717, 1.165) is 15.8 Å². The maximum Gasteiger partial charge on any atom is 0.242 e. The van der Waals surface area contributed by atoms with Crippen molar-refractivity contribution in [2.75, 3.05) is 18.8 Å². The van der Waals surface area contributed by atoms with E-state index >= 15 is 0 Å². The maximum absolute atomic E-state index is 12.4. The summed E-state index contributed by atoms with van der Waals surface area (Å²) in [5, 5.41) is 3.98. The first-order valence-electron chi connectivity index (χ1n) is 8.74. The Balaban J connectivity index is 2.19.